The maximum absolute atomic E-state index is 10.9. The van der Waals surface area contributed by atoms with Crippen LogP contribution in [-0.2, 0) is 4.79 Å². The predicted molar refractivity (Wildman–Crippen MR) is 60.9 cm³/mol. The smallest absolute Gasteiger partial charge is 0.221 e. The molecule has 0 atom stereocenters. The number of hydrogen-bond donors (Lipinski definition) is 3. The lowest BCUT2D eigenvalue weighted by Crippen LogP contribution is -2.07. The second-order valence-electron chi connectivity index (χ2n) is 3.29. The van der Waals surface area contributed by atoms with E-state index >= 15 is 0 Å². The van der Waals surface area contributed by atoms with Crippen molar-refractivity contribution in [1.29, 1.82) is 0 Å². The van der Waals surface area contributed by atoms with Gasteiger partial charge in [-0.15, -0.1) is 10.6 Å². The van der Waals surface area contributed by atoms with Crippen molar-refractivity contribution in [3.63, 3.8) is 0 Å². The summed E-state index contributed by atoms with van der Waals surface area (Å²) in [4.78, 5) is 11.4. The third-order valence-corrected chi connectivity index (χ3v) is 3.64. The SMILES string of the molecule is CC(=O)Nc1cccc2c1C=CS2(O)O. The van der Waals surface area contributed by atoms with Gasteiger partial charge in [0.25, 0.3) is 0 Å². The number of rotatable bonds is 1. The Hall–Kier alpha value is -1.30. The van der Waals surface area contributed by atoms with Crippen LogP contribution >= 0.6 is 10.6 Å². The molecule has 1 aromatic carbocycles. The average molecular weight is 225 g/mol. The molecule has 1 amide bonds. The first kappa shape index (κ1) is 10.2. The highest BCUT2D eigenvalue weighted by molar-refractivity contribution is 8.27. The van der Waals surface area contributed by atoms with E-state index in [1.54, 1.807) is 24.3 Å². The van der Waals surface area contributed by atoms with Crippen molar-refractivity contribution in [2.45, 2.75) is 11.8 Å². The molecule has 1 aliphatic rings. The van der Waals surface area contributed by atoms with E-state index in [2.05, 4.69) is 5.32 Å². The summed E-state index contributed by atoms with van der Waals surface area (Å²) in [5.41, 5.74) is 1.28. The number of carbonyl (C=O) groups excluding carboxylic acids is 1. The standard InChI is InChI=1S/C10H11NO3S/c1-7(12)11-9-3-2-4-10-8(9)5-6-15(10,13)14/h2-6,13-14H,1H3,(H,11,12). The molecule has 1 aliphatic heterocycles. The van der Waals surface area contributed by atoms with Gasteiger partial charge < -0.3 is 5.32 Å². The molecule has 0 unspecified atom stereocenters. The number of fused-ring (bicyclic) bond motifs is 1. The summed E-state index contributed by atoms with van der Waals surface area (Å²) in [6.07, 6.45) is 1.62. The first-order valence-electron chi connectivity index (χ1n) is 4.38. The average Bonchev–Trinajstić information content (AvgIpc) is 2.43. The number of nitrogens with one attached hydrogen (secondary N) is 1. The molecular formula is C10H11NO3S. The van der Waals surface area contributed by atoms with Gasteiger partial charge in [-0.05, 0) is 18.2 Å². The quantitative estimate of drug-likeness (QED) is 0.688. The molecule has 0 fully saturated rings. The Bertz CT molecular complexity index is 454. The molecule has 1 aromatic rings. The normalized spacial score (nSPS) is 18.3. The van der Waals surface area contributed by atoms with Crippen LogP contribution in [0.3, 0.4) is 0 Å². The van der Waals surface area contributed by atoms with E-state index in [0.717, 1.165) is 0 Å². The fourth-order valence-corrected chi connectivity index (χ4v) is 2.77. The lowest BCUT2D eigenvalue weighted by Gasteiger charge is -2.25. The zero-order valence-electron chi connectivity index (χ0n) is 8.10. The van der Waals surface area contributed by atoms with E-state index < -0.39 is 10.6 Å². The number of anilines is 1. The maximum Gasteiger partial charge on any atom is 0.221 e. The van der Waals surface area contributed by atoms with Gasteiger partial charge in [0, 0.05) is 23.6 Å². The summed E-state index contributed by atoms with van der Waals surface area (Å²) >= 11 is 0. The largest absolute Gasteiger partial charge is 0.326 e. The Labute approximate surface area is 89.0 Å². The van der Waals surface area contributed by atoms with Gasteiger partial charge in [-0.2, -0.15) is 0 Å². The topological polar surface area (TPSA) is 69.6 Å². The Morgan fingerprint density at radius 3 is 2.80 bits per heavy atom. The van der Waals surface area contributed by atoms with Crippen LogP contribution in [0.5, 0.6) is 0 Å². The summed E-state index contributed by atoms with van der Waals surface area (Å²) in [6, 6.07) is 5.06. The van der Waals surface area contributed by atoms with Gasteiger partial charge in [0.05, 0.1) is 4.90 Å². The Morgan fingerprint density at radius 2 is 2.13 bits per heavy atom. The zero-order chi connectivity index (χ0) is 11.1. The van der Waals surface area contributed by atoms with E-state index in [0.29, 0.717) is 16.1 Å². The van der Waals surface area contributed by atoms with Crippen LogP contribution in [-0.4, -0.2) is 15.0 Å². The first-order valence-corrected chi connectivity index (χ1v) is 5.99. The van der Waals surface area contributed by atoms with Crippen molar-refractivity contribution in [1.82, 2.24) is 0 Å². The summed E-state index contributed by atoms with van der Waals surface area (Å²) in [5.74, 6) is -0.180. The van der Waals surface area contributed by atoms with E-state index in [1.807, 2.05) is 0 Å². The maximum atomic E-state index is 10.9. The van der Waals surface area contributed by atoms with Crippen molar-refractivity contribution in [3.05, 3.63) is 29.2 Å². The van der Waals surface area contributed by atoms with Crippen molar-refractivity contribution >= 4 is 28.3 Å². The Kier molecular flexibility index (Phi) is 2.30. The highest BCUT2D eigenvalue weighted by Crippen LogP contribution is 2.57. The van der Waals surface area contributed by atoms with Crippen molar-refractivity contribution < 1.29 is 13.9 Å². The van der Waals surface area contributed by atoms with E-state index in [-0.39, 0.29) is 5.91 Å². The van der Waals surface area contributed by atoms with Gasteiger partial charge >= 0.3 is 0 Å². The number of benzene rings is 1. The molecule has 15 heavy (non-hydrogen) atoms. The van der Waals surface area contributed by atoms with Crippen molar-refractivity contribution in [2.75, 3.05) is 5.32 Å². The molecule has 0 saturated carbocycles. The predicted octanol–water partition coefficient (Wildman–Crippen LogP) is 2.74. The monoisotopic (exact) mass is 225 g/mol. The molecule has 0 spiro atoms. The van der Waals surface area contributed by atoms with Gasteiger partial charge in [0.2, 0.25) is 5.91 Å². The molecular weight excluding hydrogens is 214 g/mol. The van der Waals surface area contributed by atoms with Crippen LogP contribution in [0.15, 0.2) is 28.5 Å². The first-order chi connectivity index (χ1) is 7.00. The number of amides is 1. The molecule has 5 heteroatoms. The minimum absolute atomic E-state index is 0.180. The number of hydrogen-bond acceptors (Lipinski definition) is 3. The lowest BCUT2D eigenvalue weighted by atomic mass is 10.2. The Balaban J connectivity index is 2.49. The fourth-order valence-electron chi connectivity index (χ4n) is 1.51. The third-order valence-electron chi connectivity index (χ3n) is 2.12. The zero-order valence-corrected chi connectivity index (χ0v) is 8.91. The van der Waals surface area contributed by atoms with E-state index in [4.69, 9.17) is 0 Å². The van der Waals surface area contributed by atoms with Crippen LogP contribution in [0.25, 0.3) is 6.08 Å². The van der Waals surface area contributed by atoms with Crippen LogP contribution in [0.2, 0.25) is 0 Å². The van der Waals surface area contributed by atoms with Gasteiger partial charge in [0.1, 0.15) is 0 Å². The molecule has 1 heterocycles. The van der Waals surface area contributed by atoms with E-state index in [1.165, 1.54) is 12.3 Å². The van der Waals surface area contributed by atoms with Crippen molar-refractivity contribution in [3.8, 4) is 0 Å². The summed E-state index contributed by atoms with van der Waals surface area (Å²) in [6.45, 7) is 1.41. The van der Waals surface area contributed by atoms with Gasteiger partial charge in [-0.1, -0.05) is 6.07 Å². The lowest BCUT2D eigenvalue weighted by molar-refractivity contribution is -0.114. The van der Waals surface area contributed by atoms with Crippen LogP contribution in [0.4, 0.5) is 5.69 Å². The molecule has 0 bridgehead atoms. The minimum atomic E-state index is -2.80. The number of carbonyl (C=O) groups is 1. The summed E-state index contributed by atoms with van der Waals surface area (Å²) in [7, 11) is -2.80. The summed E-state index contributed by atoms with van der Waals surface area (Å²) < 4.78 is 19.3. The van der Waals surface area contributed by atoms with Crippen LogP contribution in [0, 0.1) is 0 Å². The van der Waals surface area contributed by atoms with Crippen LogP contribution < -0.4 is 5.32 Å². The highest BCUT2D eigenvalue weighted by atomic mass is 32.3. The summed E-state index contributed by atoms with van der Waals surface area (Å²) in [5, 5.41) is 4.01. The van der Waals surface area contributed by atoms with Gasteiger partial charge in [-0.3, -0.25) is 13.9 Å². The molecule has 80 valence electrons. The third kappa shape index (κ3) is 1.77. The molecule has 4 nitrogen and oxygen atoms in total. The highest BCUT2D eigenvalue weighted by Gasteiger charge is 2.23. The minimum Gasteiger partial charge on any atom is -0.326 e. The second kappa shape index (κ2) is 3.37. The molecule has 0 saturated heterocycles. The molecule has 0 radical (unpaired) electrons. The van der Waals surface area contributed by atoms with Gasteiger partial charge in [0.15, 0.2) is 0 Å². The van der Waals surface area contributed by atoms with E-state index in [9.17, 15) is 13.9 Å². The fraction of sp³-hybridized carbons (Fsp3) is 0.100. The van der Waals surface area contributed by atoms with Crippen LogP contribution in [0.1, 0.15) is 12.5 Å². The molecule has 3 N–H and O–H groups in total. The molecule has 2 rings (SSSR count). The Morgan fingerprint density at radius 1 is 1.40 bits per heavy atom. The molecule has 0 aliphatic carbocycles. The molecule has 0 aromatic heterocycles. The van der Waals surface area contributed by atoms with Crippen molar-refractivity contribution in [2.24, 2.45) is 0 Å². The van der Waals surface area contributed by atoms with Gasteiger partial charge in [-0.25, -0.2) is 0 Å². The second-order valence-corrected chi connectivity index (χ2v) is 5.19.